The van der Waals surface area contributed by atoms with Crippen molar-refractivity contribution in [3.05, 3.63) is 59.8 Å². The van der Waals surface area contributed by atoms with Gasteiger partial charge in [0.25, 0.3) is 11.7 Å². The van der Waals surface area contributed by atoms with Crippen molar-refractivity contribution in [2.45, 2.75) is 6.54 Å². The topological polar surface area (TPSA) is 55.7 Å². The Morgan fingerprint density at radius 1 is 1.14 bits per heavy atom. The Bertz CT molecular complexity index is 625. The van der Waals surface area contributed by atoms with Gasteiger partial charge >= 0.3 is 0 Å². The van der Waals surface area contributed by atoms with Crippen molar-refractivity contribution >= 4 is 11.7 Å². The summed E-state index contributed by atoms with van der Waals surface area (Å²) in [6.07, 6.45) is 1.85. The van der Waals surface area contributed by atoms with Crippen LogP contribution in [0, 0.1) is 0 Å². The highest BCUT2D eigenvalue weighted by Gasteiger charge is 2.25. The zero-order valence-electron chi connectivity index (χ0n) is 12.4. The standard InChI is InChI=1S/C17H19N3O2/c21-17(19-13-14-5-2-1-3-6-14)15-7-4-8-18-16(15)20-9-11-22-12-10-20/h1-8H,9-13H2,(H,19,21)/p+1. The highest BCUT2D eigenvalue weighted by molar-refractivity contribution is 5.98. The van der Waals surface area contributed by atoms with E-state index >= 15 is 0 Å². The van der Waals surface area contributed by atoms with Gasteiger partial charge in [0.1, 0.15) is 18.7 Å². The minimum atomic E-state index is -0.0674. The maximum Gasteiger partial charge on any atom is 0.287 e. The number of morpholine rings is 1. The summed E-state index contributed by atoms with van der Waals surface area (Å²) in [4.78, 5) is 17.8. The number of hydrogen-bond donors (Lipinski definition) is 1. The van der Waals surface area contributed by atoms with Gasteiger partial charge in [-0.1, -0.05) is 30.3 Å². The predicted octanol–water partition coefficient (Wildman–Crippen LogP) is 1.27. The summed E-state index contributed by atoms with van der Waals surface area (Å²) in [5.41, 5.74) is 1.75. The van der Waals surface area contributed by atoms with Crippen LogP contribution >= 0.6 is 0 Å². The van der Waals surface area contributed by atoms with Crippen molar-refractivity contribution in [3.63, 3.8) is 0 Å². The Morgan fingerprint density at radius 3 is 2.68 bits per heavy atom. The van der Waals surface area contributed by atoms with Crippen LogP contribution in [0.25, 0.3) is 0 Å². The molecule has 0 unspecified atom stereocenters. The summed E-state index contributed by atoms with van der Waals surface area (Å²) in [5, 5.41) is 2.98. The molecule has 0 spiro atoms. The molecular formula is C17H20N3O2+. The summed E-state index contributed by atoms with van der Waals surface area (Å²) in [7, 11) is 0. The zero-order valence-corrected chi connectivity index (χ0v) is 12.4. The fourth-order valence-electron chi connectivity index (χ4n) is 2.53. The third-order valence-corrected chi connectivity index (χ3v) is 3.70. The molecule has 114 valence electrons. The minimum Gasteiger partial charge on any atom is -0.373 e. The molecule has 0 atom stereocenters. The number of anilines is 1. The van der Waals surface area contributed by atoms with E-state index in [-0.39, 0.29) is 5.91 Å². The third-order valence-electron chi connectivity index (χ3n) is 3.70. The van der Waals surface area contributed by atoms with Crippen molar-refractivity contribution < 1.29 is 14.5 Å². The van der Waals surface area contributed by atoms with Gasteiger partial charge in [0.15, 0.2) is 0 Å². The Balaban J connectivity index is 1.72. The van der Waals surface area contributed by atoms with Gasteiger partial charge in [-0.2, -0.15) is 0 Å². The lowest BCUT2D eigenvalue weighted by molar-refractivity contribution is -0.364. The molecule has 2 heterocycles. The maximum atomic E-state index is 12.5. The molecule has 0 bridgehead atoms. The molecule has 2 N–H and O–H groups in total. The van der Waals surface area contributed by atoms with E-state index in [0.717, 1.165) is 24.5 Å². The number of ether oxygens (including phenoxy) is 1. The van der Waals surface area contributed by atoms with E-state index in [9.17, 15) is 4.79 Å². The van der Waals surface area contributed by atoms with E-state index in [1.54, 1.807) is 0 Å². The number of benzene rings is 1. The molecule has 0 aliphatic carbocycles. The molecule has 3 rings (SSSR count). The van der Waals surface area contributed by atoms with Crippen LogP contribution in [0.4, 0.5) is 5.82 Å². The fourth-order valence-corrected chi connectivity index (χ4v) is 2.53. The maximum absolute atomic E-state index is 12.5. The first-order valence-electron chi connectivity index (χ1n) is 7.50. The molecule has 1 aromatic heterocycles. The van der Waals surface area contributed by atoms with Gasteiger partial charge in [0, 0.05) is 6.54 Å². The second-order valence-corrected chi connectivity index (χ2v) is 5.20. The van der Waals surface area contributed by atoms with Crippen LogP contribution in [-0.4, -0.2) is 32.2 Å². The molecule has 1 aliphatic heterocycles. The van der Waals surface area contributed by atoms with Crippen LogP contribution in [0.1, 0.15) is 15.9 Å². The SMILES string of the molecule is O=C(NCc1ccccc1)c1ccc[nH+]c1N1CCOCC1. The predicted molar refractivity (Wildman–Crippen MR) is 83.6 cm³/mol. The smallest absolute Gasteiger partial charge is 0.287 e. The average Bonchev–Trinajstić information content (AvgIpc) is 2.61. The molecule has 0 saturated carbocycles. The van der Waals surface area contributed by atoms with Gasteiger partial charge in [0.05, 0.1) is 19.4 Å². The summed E-state index contributed by atoms with van der Waals surface area (Å²) < 4.78 is 5.37. The normalized spacial score (nSPS) is 14.6. The summed E-state index contributed by atoms with van der Waals surface area (Å²) in [6, 6.07) is 13.6. The molecule has 22 heavy (non-hydrogen) atoms. The van der Waals surface area contributed by atoms with Crippen molar-refractivity contribution in [1.29, 1.82) is 0 Å². The number of H-pyrrole nitrogens is 1. The van der Waals surface area contributed by atoms with Gasteiger partial charge in [-0.25, -0.2) is 4.98 Å². The van der Waals surface area contributed by atoms with Crippen molar-refractivity contribution in [1.82, 2.24) is 5.32 Å². The first-order chi connectivity index (χ1) is 10.8. The number of nitrogens with zero attached hydrogens (tertiary/aromatic N) is 1. The second kappa shape index (κ2) is 7.04. The number of hydrogen-bond acceptors (Lipinski definition) is 3. The van der Waals surface area contributed by atoms with Gasteiger partial charge in [0.2, 0.25) is 0 Å². The van der Waals surface area contributed by atoms with E-state index < -0.39 is 0 Å². The molecule has 1 aliphatic rings. The number of aromatic amines is 1. The summed E-state index contributed by atoms with van der Waals surface area (Å²) in [6.45, 7) is 3.48. The van der Waals surface area contributed by atoms with Gasteiger partial charge in [-0.15, -0.1) is 0 Å². The van der Waals surface area contributed by atoms with E-state index in [1.807, 2.05) is 48.7 Å². The first-order valence-corrected chi connectivity index (χ1v) is 7.50. The lowest BCUT2D eigenvalue weighted by atomic mass is 10.2. The first kappa shape index (κ1) is 14.5. The largest absolute Gasteiger partial charge is 0.373 e. The lowest BCUT2D eigenvalue weighted by Crippen LogP contribution is -2.41. The van der Waals surface area contributed by atoms with Crippen molar-refractivity contribution in [2.75, 3.05) is 31.2 Å². The molecule has 1 aromatic carbocycles. The monoisotopic (exact) mass is 298 g/mol. The van der Waals surface area contributed by atoms with Crippen molar-refractivity contribution in [2.24, 2.45) is 0 Å². The molecule has 5 nitrogen and oxygen atoms in total. The summed E-state index contributed by atoms with van der Waals surface area (Å²) >= 11 is 0. The summed E-state index contributed by atoms with van der Waals surface area (Å²) in [5.74, 6) is 0.790. The number of carbonyl (C=O) groups is 1. The number of rotatable bonds is 4. The molecule has 1 amide bonds. The minimum absolute atomic E-state index is 0.0674. The molecule has 1 saturated heterocycles. The third kappa shape index (κ3) is 3.43. The van der Waals surface area contributed by atoms with Gasteiger partial charge in [-0.3, -0.25) is 9.69 Å². The fraction of sp³-hybridized carbons (Fsp3) is 0.294. The second-order valence-electron chi connectivity index (χ2n) is 5.20. The van der Waals surface area contributed by atoms with E-state index in [2.05, 4.69) is 15.2 Å². The van der Waals surface area contributed by atoms with Crippen LogP contribution in [0.2, 0.25) is 0 Å². The highest BCUT2D eigenvalue weighted by atomic mass is 16.5. The number of carbonyl (C=O) groups excluding carboxylic acids is 1. The number of amides is 1. The molecule has 5 heteroatoms. The zero-order chi connectivity index (χ0) is 15.2. The van der Waals surface area contributed by atoms with Crippen LogP contribution in [0.15, 0.2) is 48.7 Å². The average molecular weight is 298 g/mol. The van der Waals surface area contributed by atoms with E-state index in [1.165, 1.54) is 0 Å². The van der Waals surface area contributed by atoms with Crippen LogP contribution in [0.3, 0.4) is 0 Å². The number of aromatic nitrogens is 1. The van der Waals surface area contributed by atoms with Crippen LogP contribution < -0.4 is 15.2 Å². The Morgan fingerprint density at radius 2 is 1.91 bits per heavy atom. The molecule has 0 radical (unpaired) electrons. The van der Waals surface area contributed by atoms with E-state index in [4.69, 9.17) is 4.74 Å². The molecule has 2 aromatic rings. The van der Waals surface area contributed by atoms with Crippen LogP contribution in [0.5, 0.6) is 0 Å². The quantitative estimate of drug-likeness (QED) is 0.925. The Kier molecular flexibility index (Phi) is 4.65. The highest BCUT2D eigenvalue weighted by Crippen LogP contribution is 2.15. The molecular weight excluding hydrogens is 278 g/mol. The van der Waals surface area contributed by atoms with E-state index in [0.29, 0.717) is 25.3 Å². The lowest BCUT2D eigenvalue weighted by Gasteiger charge is -2.22. The van der Waals surface area contributed by atoms with Crippen molar-refractivity contribution in [3.8, 4) is 0 Å². The van der Waals surface area contributed by atoms with Crippen LogP contribution in [-0.2, 0) is 11.3 Å². The Hall–Kier alpha value is -2.40. The number of nitrogens with one attached hydrogen (secondary N) is 2. The number of pyridine rings is 1. The van der Waals surface area contributed by atoms with Gasteiger partial charge in [-0.05, 0) is 17.7 Å². The van der Waals surface area contributed by atoms with Gasteiger partial charge < -0.3 is 10.1 Å². The Labute approximate surface area is 129 Å². The molecule has 1 fully saturated rings.